The molecule has 1 N–H and O–H groups in total. The lowest BCUT2D eigenvalue weighted by Gasteiger charge is -2.07. The number of carbonyl (C=O) groups is 1. The zero-order valence-corrected chi connectivity index (χ0v) is 11.7. The number of amides is 1. The Labute approximate surface area is 118 Å². The average molecular weight is 356 g/mol. The van der Waals surface area contributed by atoms with Crippen LogP contribution in [-0.2, 0) is 0 Å². The number of hydrogen-bond donors (Lipinski definition) is 1. The standard InChI is InChI=1S/C13H10FIN2O/c1-8-4-9(7-16-6-8)13(18)17-12-3-2-10(14)5-11(12)15/h2-7H,1H3,(H,17,18). The van der Waals surface area contributed by atoms with E-state index in [1.54, 1.807) is 12.3 Å². The van der Waals surface area contributed by atoms with Gasteiger partial charge in [0.2, 0.25) is 0 Å². The first-order valence-electron chi connectivity index (χ1n) is 5.24. The molecule has 3 nitrogen and oxygen atoms in total. The monoisotopic (exact) mass is 356 g/mol. The van der Waals surface area contributed by atoms with Crippen molar-refractivity contribution in [3.05, 3.63) is 57.2 Å². The fourth-order valence-corrected chi connectivity index (χ4v) is 2.08. The van der Waals surface area contributed by atoms with Crippen molar-refractivity contribution >= 4 is 34.2 Å². The van der Waals surface area contributed by atoms with E-state index in [1.807, 2.05) is 29.5 Å². The molecule has 0 aliphatic rings. The molecule has 0 bridgehead atoms. The summed E-state index contributed by atoms with van der Waals surface area (Å²) in [5.74, 6) is -0.578. The number of pyridine rings is 1. The fraction of sp³-hybridized carbons (Fsp3) is 0.0769. The summed E-state index contributed by atoms with van der Waals surface area (Å²) < 4.78 is 13.6. The molecule has 5 heteroatoms. The maximum Gasteiger partial charge on any atom is 0.257 e. The molecular formula is C13H10FIN2O. The molecule has 0 radical (unpaired) electrons. The van der Waals surface area contributed by atoms with Crippen molar-refractivity contribution in [2.24, 2.45) is 0 Å². The van der Waals surface area contributed by atoms with E-state index in [0.29, 0.717) is 14.8 Å². The summed E-state index contributed by atoms with van der Waals surface area (Å²) in [5, 5.41) is 2.73. The van der Waals surface area contributed by atoms with Gasteiger partial charge in [0.1, 0.15) is 5.82 Å². The van der Waals surface area contributed by atoms with Gasteiger partial charge in [-0.1, -0.05) is 0 Å². The molecule has 1 aromatic carbocycles. The SMILES string of the molecule is Cc1cncc(C(=O)Nc2ccc(F)cc2I)c1. The zero-order chi connectivity index (χ0) is 13.1. The predicted octanol–water partition coefficient (Wildman–Crippen LogP) is 3.39. The lowest BCUT2D eigenvalue weighted by atomic mass is 10.2. The molecule has 92 valence electrons. The molecule has 2 rings (SSSR count). The van der Waals surface area contributed by atoms with Crippen LogP contribution < -0.4 is 5.32 Å². The first kappa shape index (κ1) is 12.9. The van der Waals surface area contributed by atoms with Crippen LogP contribution in [0.5, 0.6) is 0 Å². The Morgan fingerprint density at radius 3 is 2.78 bits per heavy atom. The van der Waals surface area contributed by atoms with Crippen LogP contribution in [-0.4, -0.2) is 10.9 Å². The van der Waals surface area contributed by atoms with E-state index in [0.717, 1.165) is 5.56 Å². The molecule has 1 aromatic heterocycles. The van der Waals surface area contributed by atoms with Gasteiger partial charge in [0.25, 0.3) is 5.91 Å². The van der Waals surface area contributed by atoms with Crippen molar-refractivity contribution in [2.45, 2.75) is 6.92 Å². The third-order valence-electron chi connectivity index (χ3n) is 2.32. The minimum atomic E-state index is -0.324. The van der Waals surface area contributed by atoms with Gasteiger partial charge >= 0.3 is 0 Å². The highest BCUT2D eigenvalue weighted by atomic mass is 127. The minimum Gasteiger partial charge on any atom is -0.321 e. The molecule has 0 aliphatic heterocycles. The van der Waals surface area contributed by atoms with Crippen LogP contribution >= 0.6 is 22.6 Å². The second kappa shape index (κ2) is 5.43. The Bertz CT molecular complexity index is 601. The van der Waals surface area contributed by atoms with E-state index in [9.17, 15) is 9.18 Å². The van der Waals surface area contributed by atoms with Crippen LogP contribution in [0.25, 0.3) is 0 Å². The first-order valence-corrected chi connectivity index (χ1v) is 6.32. The fourth-order valence-electron chi connectivity index (χ4n) is 1.46. The molecule has 18 heavy (non-hydrogen) atoms. The Morgan fingerprint density at radius 1 is 1.33 bits per heavy atom. The highest BCUT2D eigenvalue weighted by Crippen LogP contribution is 2.19. The summed E-state index contributed by atoms with van der Waals surface area (Å²) in [5.41, 5.74) is 1.98. The predicted molar refractivity (Wildman–Crippen MR) is 76.0 cm³/mol. The molecule has 1 amide bonds. The summed E-state index contributed by atoms with van der Waals surface area (Å²) in [7, 11) is 0. The van der Waals surface area contributed by atoms with Crippen LogP contribution in [0.4, 0.5) is 10.1 Å². The quantitative estimate of drug-likeness (QED) is 0.839. The van der Waals surface area contributed by atoms with Crippen LogP contribution in [0, 0.1) is 16.3 Å². The van der Waals surface area contributed by atoms with Gasteiger partial charge in [-0.2, -0.15) is 0 Å². The highest BCUT2D eigenvalue weighted by Gasteiger charge is 2.09. The Morgan fingerprint density at radius 2 is 2.11 bits per heavy atom. The van der Waals surface area contributed by atoms with E-state index >= 15 is 0 Å². The Kier molecular flexibility index (Phi) is 3.90. The Balaban J connectivity index is 2.21. The normalized spacial score (nSPS) is 10.2. The summed E-state index contributed by atoms with van der Waals surface area (Å²) >= 11 is 1.98. The number of nitrogens with zero attached hydrogens (tertiary/aromatic N) is 1. The topological polar surface area (TPSA) is 42.0 Å². The van der Waals surface area contributed by atoms with Gasteiger partial charge in [-0.05, 0) is 59.3 Å². The second-order valence-electron chi connectivity index (χ2n) is 3.83. The number of aryl methyl sites for hydroxylation is 1. The Hall–Kier alpha value is -1.50. The van der Waals surface area contributed by atoms with Crippen LogP contribution in [0.15, 0.2) is 36.7 Å². The van der Waals surface area contributed by atoms with Crippen LogP contribution in [0.3, 0.4) is 0 Å². The van der Waals surface area contributed by atoms with Gasteiger partial charge in [-0.15, -0.1) is 0 Å². The van der Waals surface area contributed by atoms with Crippen LogP contribution in [0.2, 0.25) is 0 Å². The van der Waals surface area contributed by atoms with E-state index in [1.165, 1.54) is 24.4 Å². The van der Waals surface area contributed by atoms with Gasteiger partial charge in [0.15, 0.2) is 0 Å². The van der Waals surface area contributed by atoms with Gasteiger partial charge < -0.3 is 5.32 Å². The molecule has 0 saturated carbocycles. The third-order valence-corrected chi connectivity index (χ3v) is 3.21. The zero-order valence-electron chi connectivity index (χ0n) is 9.58. The van der Waals surface area contributed by atoms with Crippen molar-refractivity contribution < 1.29 is 9.18 Å². The van der Waals surface area contributed by atoms with E-state index < -0.39 is 0 Å². The van der Waals surface area contributed by atoms with Crippen molar-refractivity contribution in [3.63, 3.8) is 0 Å². The number of hydrogen-bond acceptors (Lipinski definition) is 2. The van der Waals surface area contributed by atoms with Crippen molar-refractivity contribution in [1.29, 1.82) is 0 Å². The maximum atomic E-state index is 12.9. The lowest BCUT2D eigenvalue weighted by Crippen LogP contribution is -2.13. The summed E-state index contributed by atoms with van der Waals surface area (Å²) in [6, 6.07) is 5.97. The second-order valence-corrected chi connectivity index (χ2v) is 4.99. The van der Waals surface area contributed by atoms with Crippen molar-refractivity contribution in [2.75, 3.05) is 5.32 Å². The van der Waals surface area contributed by atoms with Gasteiger partial charge in [-0.25, -0.2) is 4.39 Å². The third kappa shape index (κ3) is 3.04. The minimum absolute atomic E-state index is 0.254. The molecule has 0 atom stereocenters. The average Bonchev–Trinajstić information content (AvgIpc) is 2.32. The summed E-state index contributed by atoms with van der Waals surface area (Å²) in [6.45, 7) is 1.87. The van der Waals surface area contributed by atoms with Gasteiger partial charge in [0, 0.05) is 16.0 Å². The number of anilines is 1. The maximum absolute atomic E-state index is 12.9. The number of halogens is 2. The number of rotatable bonds is 2. The van der Waals surface area contributed by atoms with E-state index in [-0.39, 0.29) is 11.7 Å². The molecule has 2 aromatic rings. The number of aromatic nitrogens is 1. The summed E-state index contributed by atoms with van der Waals surface area (Å²) in [6.07, 6.45) is 3.18. The molecule has 0 unspecified atom stereocenters. The largest absolute Gasteiger partial charge is 0.321 e. The van der Waals surface area contributed by atoms with Gasteiger partial charge in [0.05, 0.1) is 11.3 Å². The smallest absolute Gasteiger partial charge is 0.257 e. The highest BCUT2D eigenvalue weighted by molar-refractivity contribution is 14.1. The molecular weight excluding hydrogens is 346 g/mol. The number of carbonyl (C=O) groups excluding carboxylic acids is 1. The molecule has 0 fully saturated rings. The number of nitrogens with one attached hydrogen (secondary N) is 1. The molecule has 1 heterocycles. The molecule has 0 aliphatic carbocycles. The summed E-state index contributed by atoms with van der Waals surface area (Å²) in [4.78, 5) is 15.9. The van der Waals surface area contributed by atoms with E-state index in [4.69, 9.17) is 0 Å². The van der Waals surface area contributed by atoms with Gasteiger partial charge in [-0.3, -0.25) is 9.78 Å². The lowest BCUT2D eigenvalue weighted by molar-refractivity contribution is 0.102. The van der Waals surface area contributed by atoms with Crippen LogP contribution in [0.1, 0.15) is 15.9 Å². The van der Waals surface area contributed by atoms with Crippen molar-refractivity contribution in [3.8, 4) is 0 Å². The van der Waals surface area contributed by atoms with Crippen molar-refractivity contribution in [1.82, 2.24) is 4.98 Å². The molecule has 0 spiro atoms. The molecule has 0 saturated heterocycles. The first-order chi connectivity index (χ1) is 8.56. The number of benzene rings is 1. The van der Waals surface area contributed by atoms with E-state index in [2.05, 4.69) is 10.3 Å².